The van der Waals surface area contributed by atoms with Gasteiger partial charge in [-0.05, 0) is 57.9 Å². The molecule has 154 valence electrons. The summed E-state index contributed by atoms with van der Waals surface area (Å²) in [6.45, 7) is 4.28. The van der Waals surface area contributed by atoms with E-state index in [1.54, 1.807) is 6.20 Å². The maximum absolute atomic E-state index is 13.0. The SMILES string of the molecule is O=C(Nc1cccc(CN2CCOCC2)c1)c1ccccc1Sc1ccc(Br)cn1. The second-order valence-corrected chi connectivity index (χ2v) is 8.93. The fourth-order valence-corrected chi connectivity index (χ4v) is 4.36. The largest absolute Gasteiger partial charge is 0.379 e. The van der Waals surface area contributed by atoms with Gasteiger partial charge >= 0.3 is 0 Å². The number of nitrogens with zero attached hydrogens (tertiary/aromatic N) is 2. The third-order valence-electron chi connectivity index (χ3n) is 4.74. The summed E-state index contributed by atoms with van der Waals surface area (Å²) < 4.78 is 6.34. The van der Waals surface area contributed by atoms with Crippen molar-refractivity contribution in [3.8, 4) is 0 Å². The number of hydrogen-bond acceptors (Lipinski definition) is 5. The lowest BCUT2D eigenvalue weighted by molar-refractivity contribution is 0.0342. The van der Waals surface area contributed by atoms with Crippen molar-refractivity contribution in [1.29, 1.82) is 0 Å². The van der Waals surface area contributed by atoms with E-state index in [9.17, 15) is 4.79 Å². The number of nitrogens with one attached hydrogen (secondary N) is 1. The Morgan fingerprint density at radius 3 is 2.73 bits per heavy atom. The van der Waals surface area contributed by atoms with Crippen LogP contribution in [0.15, 0.2) is 81.3 Å². The van der Waals surface area contributed by atoms with Gasteiger partial charge in [0, 0.05) is 40.9 Å². The van der Waals surface area contributed by atoms with Crippen molar-refractivity contribution in [2.24, 2.45) is 0 Å². The van der Waals surface area contributed by atoms with Crippen molar-refractivity contribution in [2.45, 2.75) is 16.5 Å². The van der Waals surface area contributed by atoms with E-state index in [4.69, 9.17) is 4.74 Å². The van der Waals surface area contributed by atoms with Gasteiger partial charge in [0.25, 0.3) is 5.91 Å². The first kappa shape index (κ1) is 21.1. The third-order valence-corrected chi connectivity index (χ3v) is 6.24. The molecule has 0 saturated carbocycles. The first-order valence-electron chi connectivity index (χ1n) is 9.76. The predicted octanol–water partition coefficient (Wildman–Crippen LogP) is 5.08. The number of amides is 1. The fourth-order valence-electron chi connectivity index (χ4n) is 3.24. The Bertz CT molecular complexity index is 1010. The Morgan fingerprint density at radius 2 is 1.93 bits per heavy atom. The molecular weight excluding hydrogens is 462 g/mol. The number of carbonyl (C=O) groups excluding carboxylic acids is 1. The summed E-state index contributed by atoms with van der Waals surface area (Å²) in [5, 5.41) is 3.89. The van der Waals surface area contributed by atoms with Crippen molar-refractivity contribution in [2.75, 3.05) is 31.6 Å². The van der Waals surface area contributed by atoms with Crippen LogP contribution >= 0.6 is 27.7 Å². The average molecular weight is 484 g/mol. The molecule has 1 N–H and O–H groups in total. The van der Waals surface area contributed by atoms with Crippen molar-refractivity contribution in [3.63, 3.8) is 0 Å². The van der Waals surface area contributed by atoms with E-state index >= 15 is 0 Å². The van der Waals surface area contributed by atoms with Gasteiger partial charge in [-0.25, -0.2) is 4.98 Å². The Kier molecular flexibility index (Phi) is 7.17. The summed E-state index contributed by atoms with van der Waals surface area (Å²) in [5.41, 5.74) is 2.61. The highest BCUT2D eigenvalue weighted by Gasteiger charge is 2.14. The second kappa shape index (κ2) is 10.2. The molecule has 3 aromatic rings. The number of carbonyl (C=O) groups is 1. The zero-order valence-electron chi connectivity index (χ0n) is 16.4. The number of ether oxygens (including phenoxy) is 1. The van der Waals surface area contributed by atoms with Crippen molar-refractivity contribution in [1.82, 2.24) is 9.88 Å². The maximum Gasteiger partial charge on any atom is 0.256 e. The van der Waals surface area contributed by atoms with E-state index in [0.29, 0.717) is 5.56 Å². The van der Waals surface area contributed by atoms with Crippen LogP contribution in [0.3, 0.4) is 0 Å². The molecule has 0 spiro atoms. The summed E-state index contributed by atoms with van der Waals surface area (Å²) >= 11 is 4.87. The molecule has 30 heavy (non-hydrogen) atoms. The van der Waals surface area contributed by atoms with E-state index in [1.165, 1.54) is 17.3 Å². The van der Waals surface area contributed by atoms with Crippen LogP contribution in [-0.2, 0) is 11.3 Å². The molecule has 2 aromatic carbocycles. The normalized spacial score (nSPS) is 14.4. The third kappa shape index (κ3) is 5.70. The van der Waals surface area contributed by atoms with Gasteiger partial charge in [0.2, 0.25) is 0 Å². The quantitative estimate of drug-likeness (QED) is 0.529. The lowest BCUT2D eigenvalue weighted by Crippen LogP contribution is -2.35. The molecular formula is C23H22BrN3O2S. The van der Waals surface area contributed by atoms with Crippen LogP contribution in [0.1, 0.15) is 15.9 Å². The van der Waals surface area contributed by atoms with Crippen molar-refractivity contribution >= 4 is 39.3 Å². The molecule has 7 heteroatoms. The summed E-state index contributed by atoms with van der Waals surface area (Å²) in [6, 6.07) is 19.5. The minimum absolute atomic E-state index is 0.126. The highest BCUT2D eigenvalue weighted by molar-refractivity contribution is 9.10. The summed E-state index contributed by atoms with van der Waals surface area (Å²) in [7, 11) is 0. The molecule has 0 unspecified atom stereocenters. The number of rotatable bonds is 6. The smallest absolute Gasteiger partial charge is 0.256 e. The molecule has 1 amide bonds. The number of pyridine rings is 1. The summed E-state index contributed by atoms with van der Waals surface area (Å²) in [4.78, 5) is 20.6. The Balaban J connectivity index is 1.46. The molecule has 0 aliphatic carbocycles. The minimum Gasteiger partial charge on any atom is -0.379 e. The predicted molar refractivity (Wildman–Crippen MR) is 123 cm³/mol. The molecule has 1 fully saturated rings. The van der Waals surface area contributed by atoms with E-state index in [2.05, 4.69) is 37.2 Å². The van der Waals surface area contributed by atoms with Crippen LogP contribution in [0.4, 0.5) is 5.69 Å². The highest BCUT2D eigenvalue weighted by Crippen LogP contribution is 2.30. The van der Waals surface area contributed by atoms with E-state index < -0.39 is 0 Å². The van der Waals surface area contributed by atoms with Gasteiger partial charge in [0.15, 0.2) is 0 Å². The molecule has 4 rings (SSSR count). The maximum atomic E-state index is 13.0. The lowest BCUT2D eigenvalue weighted by atomic mass is 10.1. The molecule has 1 aromatic heterocycles. The average Bonchev–Trinajstić information content (AvgIpc) is 2.77. The van der Waals surface area contributed by atoms with Crippen LogP contribution in [0, 0.1) is 0 Å². The zero-order chi connectivity index (χ0) is 20.8. The first-order valence-corrected chi connectivity index (χ1v) is 11.4. The van der Waals surface area contributed by atoms with Gasteiger partial charge in [-0.1, -0.05) is 36.0 Å². The van der Waals surface area contributed by atoms with E-state index in [-0.39, 0.29) is 5.91 Å². The highest BCUT2D eigenvalue weighted by atomic mass is 79.9. The molecule has 5 nitrogen and oxygen atoms in total. The minimum atomic E-state index is -0.126. The summed E-state index contributed by atoms with van der Waals surface area (Å²) in [6.07, 6.45) is 1.75. The number of hydrogen-bond donors (Lipinski definition) is 1. The molecule has 0 atom stereocenters. The number of anilines is 1. The van der Waals surface area contributed by atoms with Gasteiger partial charge in [-0.15, -0.1) is 0 Å². The van der Waals surface area contributed by atoms with Crippen LogP contribution < -0.4 is 5.32 Å². The van der Waals surface area contributed by atoms with Gasteiger partial charge in [0.1, 0.15) is 5.03 Å². The van der Waals surface area contributed by atoms with Gasteiger partial charge in [0.05, 0.1) is 18.8 Å². The van der Waals surface area contributed by atoms with Crippen LogP contribution in [0.2, 0.25) is 0 Å². The summed E-state index contributed by atoms with van der Waals surface area (Å²) in [5.74, 6) is -0.126. The number of morpholine rings is 1. The van der Waals surface area contributed by atoms with E-state index in [1.807, 2.05) is 54.6 Å². The molecule has 2 heterocycles. The van der Waals surface area contributed by atoms with Gasteiger partial charge < -0.3 is 10.1 Å². The lowest BCUT2D eigenvalue weighted by Gasteiger charge is -2.26. The molecule has 1 aliphatic rings. The van der Waals surface area contributed by atoms with Crippen LogP contribution in [-0.4, -0.2) is 42.1 Å². The van der Waals surface area contributed by atoms with Crippen molar-refractivity contribution < 1.29 is 9.53 Å². The second-order valence-electron chi connectivity index (χ2n) is 6.96. The number of halogens is 1. The van der Waals surface area contributed by atoms with Crippen LogP contribution in [0.25, 0.3) is 0 Å². The first-order chi connectivity index (χ1) is 14.7. The Labute approximate surface area is 189 Å². The van der Waals surface area contributed by atoms with Gasteiger partial charge in [-0.2, -0.15) is 0 Å². The van der Waals surface area contributed by atoms with E-state index in [0.717, 1.165) is 52.9 Å². The van der Waals surface area contributed by atoms with Crippen molar-refractivity contribution in [3.05, 3.63) is 82.5 Å². The Hall–Kier alpha value is -2.19. The zero-order valence-corrected chi connectivity index (χ0v) is 18.8. The molecule has 1 aliphatic heterocycles. The Morgan fingerprint density at radius 1 is 1.10 bits per heavy atom. The number of aromatic nitrogens is 1. The topological polar surface area (TPSA) is 54.5 Å². The van der Waals surface area contributed by atoms with Crippen LogP contribution in [0.5, 0.6) is 0 Å². The molecule has 0 radical (unpaired) electrons. The standard InChI is InChI=1S/C23H22BrN3O2S/c24-18-8-9-22(25-15-18)30-21-7-2-1-6-20(21)23(28)26-19-5-3-4-17(14-19)16-27-10-12-29-13-11-27/h1-9,14-15H,10-13,16H2,(H,26,28). The molecule has 1 saturated heterocycles. The number of benzene rings is 2. The monoisotopic (exact) mass is 483 g/mol. The fraction of sp³-hybridized carbons (Fsp3) is 0.217. The molecule has 0 bridgehead atoms. The van der Waals surface area contributed by atoms with Gasteiger partial charge in [-0.3, -0.25) is 9.69 Å².